The summed E-state index contributed by atoms with van der Waals surface area (Å²) in [5.41, 5.74) is 0. The van der Waals surface area contributed by atoms with Crippen molar-refractivity contribution in [1.29, 1.82) is 0 Å². The molecule has 1 aromatic rings. The highest BCUT2D eigenvalue weighted by molar-refractivity contribution is 5.09. The predicted octanol–water partition coefficient (Wildman–Crippen LogP) is 4.11. The summed E-state index contributed by atoms with van der Waals surface area (Å²) in [7, 11) is 0. The lowest BCUT2D eigenvalue weighted by molar-refractivity contribution is -0.316. The smallest absolute Gasteiger partial charge is 0.169 e. The van der Waals surface area contributed by atoms with Crippen LogP contribution in [-0.2, 0) is 9.47 Å². The molecule has 0 amide bonds. The Hall–Kier alpha value is -0.800. The first-order chi connectivity index (χ1) is 8.67. The Kier molecular flexibility index (Phi) is 3.20. The molecule has 100 valence electrons. The van der Waals surface area contributed by atoms with E-state index in [4.69, 9.17) is 13.9 Å². The van der Waals surface area contributed by atoms with E-state index in [2.05, 4.69) is 6.92 Å². The van der Waals surface area contributed by atoms with E-state index in [0.29, 0.717) is 6.10 Å². The molecule has 0 bridgehead atoms. The fraction of sp³-hybridized carbons (Fsp3) is 0.733. The highest BCUT2D eigenvalue weighted by atomic mass is 16.7. The largest absolute Gasteiger partial charge is 0.464 e. The molecule has 3 rings (SSSR count). The molecule has 3 heterocycles. The molecule has 0 saturated carbocycles. The fourth-order valence-corrected chi connectivity index (χ4v) is 3.17. The molecule has 2 aliphatic heterocycles. The van der Waals surface area contributed by atoms with Crippen LogP contribution in [0.3, 0.4) is 0 Å². The lowest BCUT2D eigenvalue weighted by Gasteiger charge is -2.44. The highest BCUT2D eigenvalue weighted by Crippen LogP contribution is 2.43. The van der Waals surface area contributed by atoms with Crippen LogP contribution < -0.4 is 0 Å². The average molecular weight is 250 g/mol. The molecule has 2 saturated heterocycles. The van der Waals surface area contributed by atoms with Crippen LogP contribution in [-0.4, -0.2) is 11.9 Å². The Bertz CT molecular complexity index is 408. The zero-order valence-corrected chi connectivity index (χ0v) is 11.3. The van der Waals surface area contributed by atoms with Crippen LogP contribution in [0.1, 0.15) is 63.1 Å². The Balaban J connectivity index is 1.75. The van der Waals surface area contributed by atoms with Crippen molar-refractivity contribution in [3.05, 3.63) is 23.7 Å². The van der Waals surface area contributed by atoms with E-state index >= 15 is 0 Å². The van der Waals surface area contributed by atoms with Crippen molar-refractivity contribution in [3.63, 3.8) is 0 Å². The molecule has 0 N–H and O–H groups in total. The van der Waals surface area contributed by atoms with Crippen molar-refractivity contribution in [1.82, 2.24) is 0 Å². The van der Waals surface area contributed by atoms with Crippen LogP contribution >= 0.6 is 0 Å². The maximum absolute atomic E-state index is 6.27. The zero-order valence-electron chi connectivity index (χ0n) is 11.3. The topological polar surface area (TPSA) is 31.6 Å². The molecule has 2 aliphatic rings. The first kappa shape index (κ1) is 12.2. The van der Waals surface area contributed by atoms with E-state index in [1.54, 1.807) is 0 Å². The third-order valence-electron chi connectivity index (χ3n) is 4.04. The lowest BCUT2D eigenvalue weighted by atomic mass is 9.92. The third kappa shape index (κ3) is 2.34. The average Bonchev–Trinajstić information content (AvgIpc) is 2.76. The SMILES string of the molecule is Cc1ccc([C@H]2CCC[C@@]3(CCC[C@H](C)O3)O2)o1. The molecular weight excluding hydrogens is 228 g/mol. The van der Waals surface area contributed by atoms with Gasteiger partial charge in [0, 0.05) is 12.8 Å². The summed E-state index contributed by atoms with van der Waals surface area (Å²) >= 11 is 0. The van der Waals surface area contributed by atoms with Gasteiger partial charge < -0.3 is 13.9 Å². The van der Waals surface area contributed by atoms with Crippen molar-refractivity contribution in [2.75, 3.05) is 0 Å². The van der Waals surface area contributed by atoms with Gasteiger partial charge in [-0.15, -0.1) is 0 Å². The highest BCUT2D eigenvalue weighted by Gasteiger charge is 2.42. The summed E-state index contributed by atoms with van der Waals surface area (Å²) in [6, 6.07) is 4.04. The van der Waals surface area contributed by atoms with Gasteiger partial charge in [-0.05, 0) is 51.7 Å². The van der Waals surface area contributed by atoms with Crippen molar-refractivity contribution < 1.29 is 13.9 Å². The second kappa shape index (κ2) is 4.71. The normalized spacial score (nSPS) is 37.0. The molecular formula is C15H22O3. The van der Waals surface area contributed by atoms with Crippen LogP contribution in [0.5, 0.6) is 0 Å². The van der Waals surface area contributed by atoms with E-state index in [-0.39, 0.29) is 11.9 Å². The molecule has 0 unspecified atom stereocenters. The molecule has 18 heavy (non-hydrogen) atoms. The van der Waals surface area contributed by atoms with Crippen LogP contribution in [0.15, 0.2) is 16.5 Å². The minimum atomic E-state index is -0.346. The molecule has 3 atom stereocenters. The van der Waals surface area contributed by atoms with Gasteiger partial charge in [-0.25, -0.2) is 0 Å². The van der Waals surface area contributed by atoms with Gasteiger partial charge >= 0.3 is 0 Å². The number of ether oxygens (including phenoxy) is 2. The molecule has 0 aromatic carbocycles. The molecule has 1 spiro atoms. The van der Waals surface area contributed by atoms with E-state index in [1.165, 1.54) is 6.42 Å². The first-order valence-corrected chi connectivity index (χ1v) is 7.09. The van der Waals surface area contributed by atoms with Gasteiger partial charge in [0.2, 0.25) is 0 Å². The van der Waals surface area contributed by atoms with E-state index < -0.39 is 0 Å². The monoisotopic (exact) mass is 250 g/mol. The maximum atomic E-state index is 6.27. The van der Waals surface area contributed by atoms with Gasteiger partial charge in [-0.1, -0.05) is 0 Å². The summed E-state index contributed by atoms with van der Waals surface area (Å²) in [5.74, 6) is 1.56. The summed E-state index contributed by atoms with van der Waals surface area (Å²) < 4.78 is 18.1. The molecule has 3 heteroatoms. The second-order valence-corrected chi connectivity index (χ2v) is 5.68. The number of hydrogen-bond donors (Lipinski definition) is 0. The lowest BCUT2D eigenvalue weighted by Crippen LogP contribution is -2.45. The van der Waals surface area contributed by atoms with Crippen molar-refractivity contribution in [3.8, 4) is 0 Å². The minimum Gasteiger partial charge on any atom is -0.464 e. The van der Waals surface area contributed by atoms with E-state index in [0.717, 1.165) is 43.6 Å². The Morgan fingerprint density at radius 2 is 1.89 bits per heavy atom. The number of furan rings is 1. The Morgan fingerprint density at radius 3 is 2.56 bits per heavy atom. The van der Waals surface area contributed by atoms with Gasteiger partial charge in [-0.3, -0.25) is 0 Å². The predicted molar refractivity (Wildman–Crippen MR) is 68.3 cm³/mol. The molecule has 0 aliphatic carbocycles. The Morgan fingerprint density at radius 1 is 1.11 bits per heavy atom. The van der Waals surface area contributed by atoms with Crippen LogP contribution in [0.2, 0.25) is 0 Å². The summed E-state index contributed by atoms with van der Waals surface area (Å²) in [6.07, 6.45) is 6.96. The molecule has 0 radical (unpaired) electrons. The first-order valence-electron chi connectivity index (χ1n) is 7.09. The number of aryl methyl sites for hydroxylation is 1. The maximum Gasteiger partial charge on any atom is 0.169 e. The van der Waals surface area contributed by atoms with Gasteiger partial charge in [0.15, 0.2) is 5.79 Å². The second-order valence-electron chi connectivity index (χ2n) is 5.68. The van der Waals surface area contributed by atoms with Crippen LogP contribution in [0.25, 0.3) is 0 Å². The standard InChI is InChI=1S/C15H22O3/c1-11-7-8-13(16-11)14-6-4-10-15(18-14)9-3-5-12(2)17-15/h7-8,12,14H,3-6,9-10H2,1-2H3/t12-,14+,15+/m0/s1. The minimum absolute atomic E-state index is 0.0674. The van der Waals surface area contributed by atoms with Crippen LogP contribution in [0, 0.1) is 6.92 Å². The van der Waals surface area contributed by atoms with Crippen molar-refractivity contribution in [2.24, 2.45) is 0 Å². The number of rotatable bonds is 1. The zero-order chi connectivity index (χ0) is 12.6. The fourth-order valence-electron chi connectivity index (χ4n) is 3.17. The molecule has 1 aromatic heterocycles. The van der Waals surface area contributed by atoms with Crippen molar-refractivity contribution in [2.45, 2.75) is 70.4 Å². The van der Waals surface area contributed by atoms with Crippen LogP contribution in [0.4, 0.5) is 0 Å². The van der Waals surface area contributed by atoms with E-state index in [1.807, 2.05) is 19.1 Å². The third-order valence-corrected chi connectivity index (χ3v) is 4.04. The Labute approximate surface area is 108 Å². The van der Waals surface area contributed by atoms with Gasteiger partial charge in [-0.2, -0.15) is 0 Å². The summed E-state index contributed by atoms with van der Waals surface area (Å²) in [4.78, 5) is 0. The number of hydrogen-bond acceptors (Lipinski definition) is 3. The van der Waals surface area contributed by atoms with Gasteiger partial charge in [0.25, 0.3) is 0 Å². The summed E-state index contributed by atoms with van der Waals surface area (Å²) in [5, 5.41) is 0. The van der Waals surface area contributed by atoms with Gasteiger partial charge in [0.05, 0.1) is 6.10 Å². The van der Waals surface area contributed by atoms with Crippen molar-refractivity contribution >= 4 is 0 Å². The summed E-state index contributed by atoms with van der Waals surface area (Å²) in [6.45, 7) is 4.12. The molecule has 3 nitrogen and oxygen atoms in total. The van der Waals surface area contributed by atoms with Gasteiger partial charge in [0.1, 0.15) is 17.6 Å². The molecule has 2 fully saturated rings. The van der Waals surface area contributed by atoms with E-state index in [9.17, 15) is 0 Å². The quantitative estimate of drug-likeness (QED) is 0.751.